The third kappa shape index (κ3) is 3.97. The topological polar surface area (TPSA) is 35.2 Å². The van der Waals surface area contributed by atoms with Crippen LogP contribution in [0.1, 0.15) is 52.4 Å². The summed E-state index contributed by atoms with van der Waals surface area (Å²) in [6, 6.07) is 0.433. The summed E-state index contributed by atoms with van der Waals surface area (Å²) in [7, 11) is 0. The Hall–Kier alpha value is -0.0800. The van der Waals surface area contributed by atoms with E-state index in [2.05, 4.69) is 13.8 Å². The molecule has 0 aliphatic heterocycles. The monoisotopic (exact) mass is 199 g/mol. The van der Waals surface area contributed by atoms with Gasteiger partial charge in [-0.1, -0.05) is 19.8 Å². The summed E-state index contributed by atoms with van der Waals surface area (Å²) in [5, 5.41) is 0. The van der Waals surface area contributed by atoms with E-state index in [1.54, 1.807) is 0 Å². The van der Waals surface area contributed by atoms with E-state index in [-0.39, 0.29) is 0 Å². The Balaban J connectivity index is 1.98. The Kier molecular flexibility index (Phi) is 5.49. The molecule has 0 spiro atoms. The van der Waals surface area contributed by atoms with E-state index in [9.17, 15) is 0 Å². The van der Waals surface area contributed by atoms with Gasteiger partial charge in [0.25, 0.3) is 0 Å². The van der Waals surface area contributed by atoms with Crippen LogP contribution in [0.15, 0.2) is 0 Å². The summed E-state index contributed by atoms with van der Waals surface area (Å²) < 4.78 is 5.53. The van der Waals surface area contributed by atoms with Crippen LogP contribution in [0.2, 0.25) is 0 Å². The molecule has 0 radical (unpaired) electrons. The number of hydrogen-bond donors (Lipinski definition) is 1. The number of unbranched alkanes of at least 4 members (excludes halogenated alkanes) is 1. The van der Waals surface area contributed by atoms with Crippen molar-refractivity contribution in [3.8, 4) is 0 Å². The fourth-order valence-corrected chi connectivity index (χ4v) is 2.25. The zero-order chi connectivity index (χ0) is 10.4. The fraction of sp³-hybridized carbons (Fsp3) is 1.00. The minimum absolute atomic E-state index is 0.433. The minimum atomic E-state index is 0.433. The van der Waals surface area contributed by atoms with Gasteiger partial charge in [-0.15, -0.1) is 0 Å². The quantitative estimate of drug-likeness (QED) is 0.684. The van der Waals surface area contributed by atoms with Gasteiger partial charge in [0, 0.05) is 12.6 Å². The average Bonchev–Trinajstić information content (AvgIpc) is 2.11. The predicted molar refractivity (Wildman–Crippen MR) is 60.3 cm³/mol. The van der Waals surface area contributed by atoms with Crippen molar-refractivity contribution in [1.29, 1.82) is 0 Å². The SMILES string of the molecule is CCCCC(N)CC1CC(OCC)C1. The lowest BCUT2D eigenvalue weighted by molar-refractivity contribution is -0.0283. The molecule has 0 amide bonds. The Bertz CT molecular complexity index is 143. The maximum Gasteiger partial charge on any atom is 0.0580 e. The molecule has 0 bridgehead atoms. The summed E-state index contributed by atoms with van der Waals surface area (Å²) >= 11 is 0. The van der Waals surface area contributed by atoms with Gasteiger partial charge < -0.3 is 10.5 Å². The molecule has 1 unspecified atom stereocenters. The van der Waals surface area contributed by atoms with Crippen LogP contribution >= 0.6 is 0 Å². The van der Waals surface area contributed by atoms with Gasteiger partial charge in [0.15, 0.2) is 0 Å². The molecule has 0 aromatic carbocycles. The maximum absolute atomic E-state index is 6.05. The van der Waals surface area contributed by atoms with Crippen molar-refractivity contribution in [2.24, 2.45) is 11.7 Å². The van der Waals surface area contributed by atoms with Gasteiger partial charge in [0.2, 0.25) is 0 Å². The van der Waals surface area contributed by atoms with Gasteiger partial charge in [-0.05, 0) is 38.5 Å². The summed E-state index contributed by atoms with van der Waals surface area (Å²) in [5.74, 6) is 0.846. The third-order valence-corrected chi connectivity index (χ3v) is 3.16. The number of nitrogens with two attached hydrogens (primary N) is 1. The van der Waals surface area contributed by atoms with E-state index in [0.717, 1.165) is 12.5 Å². The lowest BCUT2D eigenvalue weighted by Crippen LogP contribution is -2.35. The van der Waals surface area contributed by atoms with Crippen LogP contribution < -0.4 is 5.73 Å². The molecule has 1 rings (SSSR count). The standard InChI is InChI=1S/C12H25NO/c1-3-5-6-11(13)7-10-8-12(9-10)14-4-2/h10-12H,3-9,13H2,1-2H3. The molecular weight excluding hydrogens is 174 g/mol. The molecule has 2 N–H and O–H groups in total. The highest BCUT2D eigenvalue weighted by Crippen LogP contribution is 2.33. The van der Waals surface area contributed by atoms with Crippen LogP contribution in [0, 0.1) is 5.92 Å². The van der Waals surface area contributed by atoms with Crippen LogP contribution in [0.25, 0.3) is 0 Å². The highest BCUT2D eigenvalue weighted by molar-refractivity contribution is 4.83. The van der Waals surface area contributed by atoms with Gasteiger partial charge in [0.05, 0.1) is 6.10 Å². The van der Waals surface area contributed by atoms with Crippen LogP contribution in [0.4, 0.5) is 0 Å². The highest BCUT2D eigenvalue weighted by atomic mass is 16.5. The molecule has 1 aliphatic carbocycles. The predicted octanol–water partition coefficient (Wildman–Crippen LogP) is 2.71. The van der Waals surface area contributed by atoms with Crippen LogP contribution in [0.3, 0.4) is 0 Å². The molecular formula is C12H25NO. The first-order chi connectivity index (χ1) is 6.76. The van der Waals surface area contributed by atoms with Gasteiger partial charge >= 0.3 is 0 Å². The third-order valence-electron chi connectivity index (χ3n) is 3.16. The Morgan fingerprint density at radius 1 is 1.36 bits per heavy atom. The number of hydrogen-bond acceptors (Lipinski definition) is 2. The lowest BCUT2D eigenvalue weighted by atomic mass is 9.78. The second-order valence-electron chi connectivity index (χ2n) is 4.55. The molecule has 84 valence electrons. The Morgan fingerprint density at radius 2 is 2.07 bits per heavy atom. The van der Waals surface area contributed by atoms with Crippen molar-refractivity contribution in [2.75, 3.05) is 6.61 Å². The molecule has 2 nitrogen and oxygen atoms in total. The molecule has 0 aromatic heterocycles. The van der Waals surface area contributed by atoms with Gasteiger partial charge in [0.1, 0.15) is 0 Å². The van der Waals surface area contributed by atoms with Crippen molar-refractivity contribution < 1.29 is 4.74 Å². The second-order valence-corrected chi connectivity index (χ2v) is 4.55. The highest BCUT2D eigenvalue weighted by Gasteiger charge is 2.30. The van der Waals surface area contributed by atoms with Crippen molar-refractivity contribution in [1.82, 2.24) is 0 Å². The summed E-state index contributed by atoms with van der Waals surface area (Å²) in [4.78, 5) is 0. The van der Waals surface area contributed by atoms with E-state index >= 15 is 0 Å². The first-order valence-corrected chi connectivity index (χ1v) is 6.13. The van der Waals surface area contributed by atoms with Crippen molar-refractivity contribution in [3.63, 3.8) is 0 Å². The summed E-state index contributed by atoms with van der Waals surface area (Å²) in [5.41, 5.74) is 6.05. The fourth-order valence-electron chi connectivity index (χ4n) is 2.25. The van der Waals surface area contributed by atoms with Gasteiger partial charge in [-0.2, -0.15) is 0 Å². The maximum atomic E-state index is 6.05. The Labute approximate surface area is 88.2 Å². The molecule has 1 saturated carbocycles. The van der Waals surface area contributed by atoms with Gasteiger partial charge in [-0.25, -0.2) is 0 Å². The zero-order valence-corrected chi connectivity index (χ0v) is 9.67. The first kappa shape index (κ1) is 12.0. The first-order valence-electron chi connectivity index (χ1n) is 6.13. The Morgan fingerprint density at radius 3 is 2.64 bits per heavy atom. The van der Waals surface area contributed by atoms with Crippen molar-refractivity contribution in [3.05, 3.63) is 0 Å². The summed E-state index contributed by atoms with van der Waals surface area (Å²) in [6.45, 7) is 5.15. The molecule has 14 heavy (non-hydrogen) atoms. The number of ether oxygens (including phenoxy) is 1. The zero-order valence-electron chi connectivity index (χ0n) is 9.67. The van der Waals surface area contributed by atoms with E-state index in [1.807, 2.05) is 0 Å². The van der Waals surface area contributed by atoms with Gasteiger partial charge in [-0.3, -0.25) is 0 Å². The minimum Gasteiger partial charge on any atom is -0.378 e. The summed E-state index contributed by atoms with van der Waals surface area (Å²) in [6.07, 6.45) is 7.99. The van der Waals surface area contributed by atoms with E-state index in [0.29, 0.717) is 12.1 Å². The van der Waals surface area contributed by atoms with Crippen LogP contribution in [0.5, 0.6) is 0 Å². The smallest absolute Gasteiger partial charge is 0.0580 e. The largest absolute Gasteiger partial charge is 0.378 e. The van der Waals surface area contributed by atoms with Crippen molar-refractivity contribution >= 4 is 0 Å². The molecule has 1 fully saturated rings. The normalized spacial score (nSPS) is 28.5. The van der Waals surface area contributed by atoms with E-state index < -0.39 is 0 Å². The van der Waals surface area contributed by atoms with E-state index in [4.69, 9.17) is 10.5 Å². The molecule has 0 aromatic rings. The molecule has 1 aliphatic rings. The number of rotatable bonds is 7. The molecule has 2 heteroatoms. The molecule has 0 heterocycles. The second kappa shape index (κ2) is 6.41. The van der Waals surface area contributed by atoms with Crippen LogP contribution in [-0.2, 0) is 4.74 Å². The van der Waals surface area contributed by atoms with Crippen molar-refractivity contribution in [2.45, 2.75) is 64.5 Å². The lowest BCUT2D eigenvalue weighted by Gasteiger charge is -2.36. The van der Waals surface area contributed by atoms with E-state index in [1.165, 1.54) is 38.5 Å². The molecule has 0 saturated heterocycles. The molecule has 1 atom stereocenters. The average molecular weight is 199 g/mol. The van der Waals surface area contributed by atoms with Crippen LogP contribution in [-0.4, -0.2) is 18.8 Å².